The Morgan fingerprint density at radius 3 is 2.43 bits per heavy atom. The van der Waals surface area contributed by atoms with Crippen LogP contribution in [-0.2, 0) is 6.54 Å². The summed E-state index contributed by atoms with van der Waals surface area (Å²) in [5.74, 6) is 1.79. The number of thioether (sulfide) groups is 1. The zero-order chi connectivity index (χ0) is 15.9. The Bertz CT molecular complexity index is 457. The highest BCUT2D eigenvalue weighted by Crippen LogP contribution is 2.19. The van der Waals surface area contributed by atoms with Crippen LogP contribution in [0.25, 0.3) is 0 Å². The summed E-state index contributed by atoms with van der Waals surface area (Å²) in [5.41, 5.74) is 1.23. The Morgan fingerprint density at radius 1 is 1.33 bits per heavy atom. The average molecular weight is 309 g/mol. The maximum atomic E-state index is 5.18. The quantitative estimate of drug-likeness (QED) is 0.647. The lowest BCUT2D eigenvalue weighted by Crippen LogP contribution is -2.43. The lowest BCUT2D eigenvalue weighted by molar-refractivity contribution is 0.414. The van der Waals surface area contributed by atoms with Crippen molar-refractivity contribution in [1.29, 1.82) is 0 Å². The Morgan fingerprint density at radius 2 is 1.95 bits per heavy atom. The minimum Gasteiger partial charge on any atom is -0.497 e. The van der Waals surface area contributed by atoms with Crippen molar-refractivity contribution in [2.45, 2.75) is 25.1 Å². The van der Waals surface area contributed by atoms with Gasteiger partial charge in [0.2, 0.25) is 0 Å². The third-order valence-corrected chi connectivity index (χ3v) is 4.63. The Balaban J connectivity index is 2.60. The molecule has 0 radical (unpaired) electrons. The van der Waals surface area contributed by atoms with E-state index in [4.69, 9.17) is 4.74 Å². The number of nitrogens with zero attached hydrogens (tertiary/aromatic N) is 2. The summed E-state index contributed by atoms with van der Waals surface area (Å²) in [4.78, 5) is 6.48. The minimum absolute atomic E-state index is 0.191. The number of aliphatic imine (C=N–C) groups is 1. The molecule has 21 heavy (non-hydrogen) atoms. The molecule has 5 heteroatoms. The number of rotatable bonds is 6. The van der Waals surface area contributed by atoms with Crippen molar-refractivity contribution in [3.8, 4) is 5.75 Å². The van der Waals surface area contributed by atoms with Gasteiger partial charge in [0.15, 0.2) is 5.96 Å². The van der Waals surface area contributed by atoms with Gasteiger partial charge in [-0.3, -0.25) is 4.99 Å². The number of hydrogen-bond acceptors (Lipinski definition) is 3. The van der Waals surface area contributed by atoms with Crippen LogP contribution in [0.4, 0.5) is 0 Å². The molecule has 0 amide bonds. The minimum atomic E-state index is 0.191. The summed E-state index contributed by atoms with van der Waals surface area (Å²) in [5, 5.41) is 3.43. The molecule has 0 fully saturated rings. The van der Waals surface area contributed by atoms with E-state index in [0.717, 1.165) is 24.8 Å². The molecule has 1 N–H and O–H groups in total. The summed E-state index contributed by atoms with van der Waals surface area (Å²) in [6.07, 6.45) is 2.13. The van der Waals surface area contributed by atoms with Crippen LogP contribution in [0.2, 0.25) is 0 Å². The topological polar surface area (TPSA) is 36.9 Å². The number of benzene rings is 1. The predicted molar refractivity (Wildman–Crippen MR) is 93.4 cm³/mol. The van der Waals surface area contributed by atoms with Gasteiger partial charge in [0.25, 0.3) is 0 Å². The third-order valence-electron chi connectivity index (χ3n) is 3.38. The molecule has 0 atom stereocenters. The van der Waals surface area contributed by atoms with E-state index in [1.165, 1.54) is 5.56 Å². The molecule has 0 spiro atoms. The van der Waals surface area contributed by atoms with Crippen LogP contribution in [0, 0.1) is 0 Å². The molecule has 118 valence electrons. The van der Waals surface area contributed by atoms with E-state index in [2.05, 4.69) is 47.4 Å². The van der Waals surface area contributed by atoms with Crippen molar-refractivity contribution in [2.75, 3.05) is 34.0 Å². The van der Waals surface area contributed by atoms with Crippen molar-refractivity contribution in [3.63, 3.8) is 0 Å². The molecule has 0 aliphatic carbocycles. The monoisotopic (exact) mass is 309 g/mol. The standard InChI is InChI=1S/C16H27N3OS/c1-16(2,21-6)12-18-15(17-3)19(4)11-13-7-9-14(20-5)10-8-13/h7-10H,11-12H2,1-6H3,(H,17,18). The highest BCUT2D eigenvalue weighted by atomic mass is 32.2. The number of hydrogen-bond donors (Lipinski definition) is 1. The molecule has 0 bridgehead atoms. The lowest BCUT2D eigenvalue weighted by Gasteiger charge is -2.27. The number of nitrogens with one attached hydrogen (secondary N) is 1. The molecule has 0 saturated carbocycles. The van der Waals surface area contributed by atoms with Gasteiger partial charge in [-0.2, -0.15) is 11.8 Å². The SMILES string of the molecule is CN=C(NCC(C)(C)SC)N(C)Cc1ccc(OC)cc1. The normalized spacial score (nSPS) is 12.2. The molecular weight excluding hydrogens is 282 g/mol. The lowest BCUT2D eigenvalue weighted by atomic mass is 10.2. The molecule has 0 heterocycles. The Hall–Kier alpha value is -1.36. The zero-order valence-corrected chi connectivity index (χ0v) is 14.8. The van der Waals surface area contributed by atoms with Gasteiger partial charge in [-0.25, -0.2) is 0 Å². The third kappa shape index (κ3) is 5.87. The molecule has 0 aromatic heterocycles. The molecule has 1 rings (SSSR count). The van der Waals surface area contributed by atoms with E-state index < -0.39 is 0 Å². The zero-order valence-electron chi connectivity index (χ0n) is 13.9. The van der Waals surface area contributed by atoms with Crippen LogP contribution in [0.5, 0.6) is 5.75 Å². The second kappa shape index (κ2) is 8.17. The van der Waals surface area contributed by atoms with E-state index in [1.54, 1.807) is 7.11 Å². The molecule has 1 aromatic rings. The van der Waals surface area contributed by atoms with Crippen molar-refractivity contribution in [2.24, 2.45) is 4.99 Å². The highest BCUT2D eigenvalue weighted by molar-refractivity contribution is 7.99. The van der Waals surface area contributed by atoms with Gasteiger partial charge in [-0.15, -0.1) is 0 Å². The van der Waals surface area contributed by atoms with E-state index in [9.17, 15) is 0 Å². The fourth-order valence-electron chi connectivity index (χ4n) is 1.83. The summed E-state index contributed by atoms with van der Waals surface area (Å²) in [6.45, 7) is 6.14. The van der Waals surface area contributed by atoms with Gasteiger partial charge in [0, 0.05) is 31.9 Å². The Kier molecular flexibility index (Phi) is 6.89. The van der Waals surface area contributed by atoms with Crippen molar-refractivity contribution >= 4 is 17.7 Å². The van der Waals surface area contributed by atoms with E-state index in [1.807, 2.05) is 38.0 Å². The fraction of sp³-hybridized carbons (Fsp3) is 0.562. The largest absolute Gasteiger partial charge is 0.497 e. The first-order valence-electron chi connectivity index (χ1n) is 7.01. The molecule has 0 unspecified atom stereocenters. The Labute approximate surface area is 133 Å². The first-order valence-corrected chi connectivity index (χ1v) is 8.24. The van der Waals surface area contributed by atoms with Crippen LogP contribution in [0.15, 0.2) is 29.3 Å². The van der Waals surface area contributed by atoms with Gasteiger partial charge >= 0.3 is 0 Å². The van der Waals surface area contributed by atoms with Gasteiger partial charge in [-0.1, -0.05) is 12.1 Å². The van der Waals surface area contributed by atoms with Crippen LogP contribution in [-0.4, -0.2) is 49.6 Å². The number of methoxy groups -OCH3 is 1. The van der Waals surface area contributed by atoms with Crippen LogP contribution in [0.3, 0.4) is 0 Å². The fourth-order valence-corrected chi connectivity index (χ4v) is 2.05. The number of ether oxygens (including phenoxy) is 1. The van der Waals surface area contributed by atoms with Crippen LogP contribution in [0.1, 0.15) is 19.4 Å². The van der Waals surface area contributed by atoms with Gasteiger partial charge < -0.3 is 15.0 Å². The molecule has 4 nitrogen and oxygen atoms in total. The van der Waals surface area contributed by atoms with Crippen molar-refractivity contribution < 1.29 is 4.74 Å². The van der Waals surface area contributed by atoms with E-state index in [-0.39, 0.29) is 4.75 Å². The summed E-state index contributed by atoms with van der Waals surface area (Å²) in [7, 11) is 5.55. The van der Waals surface area contributed by atoms with Crippen LogP contribution < -0.4 is 10.1 Å². The summed E-state index contributed by atoms with van der Waals surface area (Å²) in [6, 6.07) is 8.12. The smallest absolute Gasteiger partial charge is 0.193 e. The van der Waals surface area contributed by atoms with Gasteiger partial charge in [0.1, 0.15) is 5.75 Å². The molecule has 0 saturated heterocycles. The summed E-state index contributed by atoms with van der Waals surface area (Å²) >= 11 is 1.85. The average Bonchev–Trinajstić information content (AvgIpc) is 2.48. The first kappa shape index (κ1) is 17.7. The highest BCUT2D eigenvalue weighted by Gasteiger charge is 2.17. The van der Waals surface area contributed by atoms with Gasteiger partial charge in [0.05, 0.1) is 7.11 Å². The van der Waals surface area contributed by atoms with Crippen molar-refractivity contribution in [3.05, 3.63) is 29.8 Å². The predicted octanol–water partition coefficient (Wildman–Crippen LogP) is 2.84. The maximum absolute atomic E-state index is 5.18. The second-order valence-electron chi connectivity index (χ2n) is 5.57. The molecule has 1 aromatic carbocycles. The molecular formula is C16H27N3OS. The van der Waals surface area contributed by atoms with E-state index >= 15 is 0 Å². The van der Waals surface area contributed by atoms with E-state index in [0.29, 0.717) is 0 Å². The van der Waals surface area contributed by atoms with Crippen molar-refractivity contribution in [1.82, 2.24) is 10.2 Å². The van der Waals surface area contributed by atoms with Crippen LogP contribution >= 0.6 is 11.8 Å². The number of guanidine groups is 1. The maximum Gasteiger partial charge on any atom is 0.193 e. The molecule has 0 aliphatic heterocycles. The summed E-state index contributed by atoms with van der Waals surface area (Å²) < 4.78 is 5.37. The second-order valence-corrected chi connectivity index (χ2v) is 7.08. The van der Waals surface area contributed by atoms with Gasteiger partial charge in [-0.05, 0) is 37.8 Å². The first-order chi connectivity index (χ1) is 9.91. The molecule has 0 aliphatic rings.